The molecule has 8 heteroatoms. The third-order valence-electron chi connectivity index (χ3n) is 2.89. The van der Waals surface area contributed by atoms with Gasteiger partial charge in [-0.1, -0.05) is 6.08 Å². The van der Waals surface area contributed by atoms with Gasteiger partial charge in [0, 0.05) is 6.61 Å². The molecule has 2 atom stereocenters. The smallest absolute Gasteiger partial charge is 0.420 e. The maximum Gasteiger partial charge on any atom is 0.420 e. The van der Waals surface area contributed by atoms with E-state index in [1.54, 1.807) is 41.5 Å². The molecule has 0 aliphatic carbocycles. The lowest BCUT2D eigenvalue weighted by atomic mass is 9.95. The zero-order chi connectivity index (χ0) is 20.0. The lowest BCUT2D eigenvalue weighted by Crippen LogP contribution is -2.52. The quantitative estimate of drug-likeness (QED) is 0.701. The first-order chi connectivity index (χ1) is 11.2. The molecule has 0 spiro atoms. The summed E-state index contributed by atoms with van der Waals surface area (Å²) in [5.41, 5.74) is -1.81. The molecule has 144 valence electrons. The summed E-state index contributed by atoms with van der Waals surface area (Å²) >= 11 is 0. The van der Waals surface area contributed by atoms with Crippen molar-refractivity contribution in [2.24, 2.45) is 5.92 Å². The highest BCUT2D eigenvalue weighted by atomic mass is 16.6. The Morgan fingerprint density at radius 3 is 1.68 bits per heavy atom. The van der Waals surface area contributed by atoms with E-state index in [9.17, 15) is 19.5 Å². The predicted octanol–water partition coefficient (Wildman–Crippen LogP) is 2.80. The van der Waals surface area contributed by atoms with E-state index in [-0.39, 0.29) is 6.42 Å². The molecule has 0 saturated carbocycles. The minimum atomic E-state index is -1.28. The van der Waals surface area contributed by atoms with Crippen LogP contribution in [0.2, 0.25) is 0 Å². The Labute approximate surface area is 148 Å². The van der Waals surface area contributed by atoms with Crippen LogP contribution >= 0.6 is 0 Å². The number of carbonyl (C=O) groups excluding carboxylic acids is 2. The van der Waals surface area contributed by atoms with Crippen molar-refractivity contribution >= 4 is 18.2 Å². The SMILES string of the molecule is C=C[C@@H](C(CCO)C(=O)O)N(C(=O)OC(C)(C)C)C(=O)OC(C)(C)C. The maximum atomic E-state index is 12.5. The van der Waals surface area contributed by atoms with Gasteiger partial charge in [-0.25, -0.2) is 14.5 Å². The molecule has 0 bridgehead atoms. The lowest BCUT2D eigenvalue weighted by molar-refractivity contribution is -0.143. The average molecular weight is 359 g/mol. The highest BCUT2D eigenvalue weighted by Gasteiger charge is 2.41. The molecular weight excluding hydrogens is 330 g/mol. The number of hydrogen-bond donors (Lipinski definition) is 2. The highest BCUT2D eigenvalue weighted by Crippen LogP contribution is 2.23. The van der Waals surface area contributed by atoms with Gasteiger partial charge in [0.15, 0.2) is 0 Å². The minimum absolute atomic E-state index is 0.173. The third kappa shape index (κ3) is 8.02. The fraction of sp³-hybridized carbons (Fsp3) is 0.706. The zero-order valence-electron chi connectivity index (χ0n) is 15.7. The second kappa shape index (κ2) is 8.84. The maximum absolute atomic E-state index is 12.5. The van der Waals surface area contributed by atoms with Crippen LogP contribution in [-0.2, 0) is 14.3 Å². The molecule has 0 aromatic heterocycles. The van der Waals surface area contributed by atoms with Gasteiger partial charge >= 0.3 is 18.2 Å². The summed E-state index contributed by atoms with van der Waals surface area (Å²) in [6, 6.07) is -1.24. The summed E-state index contributed by atoms with van der Waals surface area (Å²) < 4.78 is 10.4. The Hall–Kier alpha value is -2.09. The molecule has 1 unspecified atom stereocenters. The molecular formula is C17H29NO7. The van der Waals surface area contributed by atoms with E-state index in [4.69, 9.17) is 14.6 Å². The standard InChI is InChI=1S/C17H29NO7/c1-8-12(11(9-10-19)13(20)21)18(14(22)24-16(2,3)4)15(23)25-17(5,6)7/h8,11-12,19H,1,9-10H2,2-7H3,(H,20,21)/t11?,12-/m0/s1. The fourth-order valence-electron chi connectivity index (χ4n) is 1.97. The van der Waals surface area contributed by atoms with Gasteiger partial charge in [-0.15, -0.1) is 6.58 Å². The van der Waals surface area contributed by atoms with Crippen LogP contribution < -0.4 is 0 Å². The molecule has 2 amide bonds. The number of carbonyl (C=O) groups is 3. The number of amides is 2. The molecule has 0 aromatic rings. The number of hydrogen-bond acceptors (Lipinski definition) is 6. The summed E-state index contributed by atoms with van der Waals surface area (Å²) in [4.78, 5) is 37.2. The summed E-state index contributed by atoms with van der Waals surface area (Å²) in [6.07, 6.45) is -1.11. The molecule has 8 nitrogen and oxygen atoms in total. The number of carboxylic acid groups (broad SMARTS) is 1. The second-order valence-corrected chi connectivity index (χ2v) is 7.51. The summed E-state index contributed by atoms with van der Waals surface area (Å²) in [5, 5.41) is 18.5. The van der Waals surface area contributed by atoms with Gasteiger partial charge < -0.3 is 19.7 Å². The number of aliphatic hydroxyl groups excluding tert-OH is 1. The van der Waals surface area contributed by atoms with Gasteiger partial charge in [-0.05, 0) is 48.0 Å². The van der Waals surface area contributed by atoms with Crippen LogP contribution in [-0.4, -0.2) is 57.1 Å². The first-order valence-corrected chi connectivity index (χ1v) is 7.95. The highest BCUT2D eigenvalue weighted by molar-refractivity contribution is 5.90. The van der Waals surface area contributed by atoms with Gasteiger partial charge in [0.2, 0.25) is 0 Å². The molecule has 0 heterocycles. The van der Waals surface area contributed by atoms with E-state index in [0.29, 0.717) is 4.90 Å². The molecule has 0 aliphatic rings. The van der Waals surface area contributed by atoms with Crippen molar-refractivity contribution < 1.29 is 34.1 Å². The lowest BCUT2D eigenvalue weighted by Gasteiger charge is -2.34. The third-order valence-corrected chi connectivity index (χ3v) is 2.89. The van der Waals surface area contributed by atoms with Crippen LogP contribution in [0.4, 0.5) is 9.59 Å². The number of nitrogens with zero attached hydrogens (tertiary/aromatic N) is 1. The van der Waals surface area contributed by atoms with Crippen molar-refractivity contribution in [2.75, 3.05) is 6.61 Å². The van der Waals surface area contributed by atoms with Crippen LogP contribution in [0.25, 0.3) is 0 Å². The molecule has 0 rings (SSSR count). The number of ether oxygens (including phenoxy) is 2. The summed E-state index contributed by atoms with van der Waals surface area (Å²) in [6.45, 7) is 12.8. The van der Waals surface area contributed by atoms with Crippen LogP contribution in [0.3, 0.4) is 0 Å². The van der Waals surface area contributed by atoms with E-state index in [1.807, 2.05) is 0 Å². The first-order valence-electron chi connectivity index (χ1n) is 7.95. The topological polar surface area (TPSA) is 113 Å². The predicted molar refractivity (Wildman–Crippen MR) is 91.1 cm³/mol. The Morgan fingerprint density at radius 1 is 1.04 bits per heavy atom. The molecule has 2 N–H and O–H groups in total. The van der Waals surface area contributed by atoms with Crippen molar-refractivity contribution in [3.05, 3.63) is 12.7 Å². The summed E-state index contributed by atoms with van der Waals surface area (Å²) in [7, 11) is 0. The Morgan fingerprint density at radius 2 is 1.44 bits per heavy atom. The number of aliphatic carboxylic acids is 1. The van der Waals surface area contributed by atoms with Crippen molar-refractivity contribution in [1.82, 2.24) is 4.90 Å². The van der Waals surface area contributed by atoms with Gasteiger partial charge in [0.05, 0.1) is 12.0 Å². The molecule has 0 fully saturated rings. The van der Waals surface area contributed by atoms with Crippen LogP contribution in [0.5, 0.6) is 0 Å². The number of imide groups is 1. The second-order valence-electron chi connectivity index (χ2n) is 7.51. The number of aliphatic hydroxyl groups is 1. The van der Waals surface area contributed by atoms with Crippen molar-refractivity contribution in [2.45, 2.75) is 65.2 Å². The fourth-order valence-corrected chi connectivity index (χ4v) is 1.97. The Kier molecular flexibility index (Phi) is 8.11. The van der Waals surface area contributed by atoms with Crippen LogP contribution in [0, 0.1) is 5.92 Å². The molecule has 0 aliphatic heterocycles. The first kappa shape index (κ1) is 22.9. The zero-order valence-corrected chi connectivity index (χ0v) is 15.7. The Balaban J connectivity index is 5.88. The van der Waals surface area contributed by atoms with Crippen LogP contribution in [0.15, 0.2) is 12.7 Å². The molecule has 0 radical (unpaired) electrons. The van der Waals surface area contributed by atoms with E-state index >= 15 is 0 Å². The molecule has 0 aromatic carbocycles. The van der Waals surface area contributed by atoms with E-state index in [0.717, 1.165) is 6.08 Å². The normalized spacial score (nSPS) is 14.2. The van der Waals surface area contributed by atoms with E-state index in [1.165, 1.54) is 0 Å². The average Bonchev–Trinajstić information content (AvgIpc) is 2.37. The van der Waals surface area contributed by atoms with Gasteiger partial charge in [-0.2, -0.15) is 0 Å². The van der Waals surface area contributed by atoms with Gasteiger partial charge in [0.1, 0.15) is 11.2 Å². The van der Waals surface area contributed by atoms with Gasteiger partial charge in [-0.3, -0.25) is 4.79 Å². The number of carboxylic acids is 1. The molecule has 0 saturated heterocycles. The van der Waals surface area contributed by atoms with Crippen molar-refractivity contribution in [3.8, 4) is 0 Å². The number of rotatable bonds is 6. The van der Waals surface area contributed by atoms with E-state index < -0.39 is 47.9 Å². The largest absolute Gasteiger partial charge is 0.481 e. The van der Waals surface area contributed by atoms with Crippen LogP contribution in [0.1, 0.15) is 48.0 Å². The van der Waals surface area contributed by atoms with E-state index in [2.05, 4.69) is 6.58 Å². The minimum Gasteiger partial charge on any atom is -0.481 e. The van der Waals surface area contributed by atoms with Crippen molar-refractivity contribution in [1.29, 1.82) is 0 Å². The Bertz CT molecular complexity index is 474. The molecule has 25 heavy (non-hydrogen) atoms. The van der Waals surface area contributed by atoms with Gasteiger partial charge in [0.25, 0.3) is 0 Å². The summed E-state index contributed by atoms with van der Waals surface area (Å²) in [5.74, 6) is -2.53. The van der Waals surface area contributed by atoms with Crippen molar-refractivity contribution in [3.63, 3.8) is 0 Å². The monoisotopic (exact) mass is 359 g/mol.